The molecule has 0 unspecified atom stereocenters. The molecule has 1 aromatic carbocycles. The first-order valence-electron chi connectivity index (χ1n) is 7.37. The second-order valence-corrected chi connectivity index (χ2v) is 5.05. The lowest BCUT2D eigenvalue weighted by Gasteiger charge is -2.14. The Morgan fingerprint density at radius 2 is 1.76 bits per heavy atom. The molecule has 0 fully saturated rings. The van der Waals surface area contributed by atoms with Crippen LogP contribution in [0.15, 0.2) is 30.5 Å². The Hall–Kier alpha value is -2.67. The molecule has 0 aliphatic rings. The van der Waals surface area contributed by atoms with Crippen LogP contribution in [0.25, 0.3) is 0 Å². The van der Waals surface area contributed by atoms with Crippen LogP contribution in [0.1, 0.15) is 12.0 Å². The summed E-state index contributed by atoms with van der Waals surface area (Å²) in [7, 11) is 4.66. The van der Waals surface area contributed by atoms with Crippen LogP contribution in [-0.2, 0) is 11.2 Å². The third-order valence-corrected chi connectivity index (χ3v) is 3.44. The molecule has 0 aliphatic heterocycles. The van der Waals surface area contributed by atoms with Crippen molar-refractivity contribution in [1.29, 1.82) is 0 Å². The fraction of sp³-hybridized carbons (Fsp3) is 0.294. The number of nitrogens with zero attached hydrogens (tertiary/aromatic N) is 1. The molecule has 8 heteroatoms. The average Bonchev–Trinajstić information content (AvgIpc) is 2.60. The van der Waals surface area contributed by atoms with Gasteiger partial charge in [-0.1, -0.05) is 0 Å². The van der Waals surface area contributed by atoms with Crippen LogP contribution in [0.2, 0.25) is 0 Å². The predicted octanol–water partition coefficient (Wildman–Crippen LogP) is 2.68. The number of rotatable bonds is 7. The number of halogens is 1. The third kappa shape index (κ3) is 5.42. The minimum atomic E-state index is -0.115. The number of aromatic nitrogens is 1. The van der Waals surface area contributed by atoms with Gasteiger partial charge >= 0.3 is 0 Å². The fourth-order valence-corrected chi connectivity index (χ4v) is 2.24. The second kappa shape index (κ2) is 9.58. The van der Waals surface area contributed by atoms with Crippen molar-refractivity contribution in [1.82, 2.24) is 4.98 Å². The molecule has 0 saturated carbocycles. The number of carbonyl (C=O) groups excluding carboxylic acids is 1. The Morgan fingerprint density at radius 1 is 1.12 bits per heavy atom. The number of benzene rings is 1. The highest BCUT2D eigenvalue weighted by molar-refractivity contribution is 5.90. The van der Waals surface area contributed by atoms with Crippen molar-refractivity contribution in [2.24, 2.45) is 0 Å². The first kappa shape index (κ1) is 20.4. The molecule has 2 aromatic rings. The highest BCUT2D eigenvalue weighted by Gasteiger charge is 2.14. The summed E-state index contributed by atoms with van der Waals surface area (Å²) in [5.74, 6) is 1.95. The molecule has 1 amide bonds. The average molecular weight is 368 g/mol. The normalized spacial score (nSPS) is 9.72. The topological polar surface area (TPSA) is 95.7 Å². The van der Waals surface area contributed by atoms with Crippen molar-refractivity contribution in [2.75, 3.05) is 32.4 Å². The molecule has 0 atom stereocenters. The maximum Gasteiger partial charge on any atom is 0.224 e. The number of amides is 1. The zero-order chi connectivity index (χ0) is 17.5. The Labute approximate surface area is 152 Å². The SMILES string of the molecule is COc1cc(CCC(=O)Nc2ccc(N)nc2)cc(OC)c1OC.Cl. The first-order chi connectivity index (χ1) is 11.6. The molecule has 1 aromatic heterocycles. The van der Waals surface area contributed by atoms with Gasteiger partial charge in [0.05, 0.1) is 33.2 Å². The number of nitrogens with two attached hydrogens (primary N) is 1. The van der Waals surface area contributed by atoms with E-state index >= 15 is 0 Å². The van der Waals surface area contributed by atoms with E-state index in [-0.39, 0.29) is 18.3 Å². The maximum absolute atomic E-state index is 12.0. The quantitative estimate of drug-likeness (QED) is 0.781. The molecule has 0 bridgehead atoms. The Kier molecular flexibility index (Phi) is 7.81. The van der Waals surface area contributed by atoms with Gasteiger partial charge in [-0.2, -0.15) is 0 Å². The lowest BCUT2D eigenvalue weighted by atomic mass is 10.1. The number of pyridine rings is 1. The minimum absolute atomic E-state index is 0. The molecule has 0 saturated heterocycles. The summed E-state index contributed by atoms with van der Waals surface area (Å²) in [6.45, 7) is 0. The van der Waals surface area contributed by atoms with Crippen LogP contribution in [-0.4, -0.2) is 32.2 Å². The zero-order valence-electron chi connectivity index (χ0n) is 14.4. The lowest BCUT2D eigenvalue weighted by molar-refractivity contribution is -0.116. The van der Waals surface area contributed by atoms with Crippen LogP contribution >= 0.6 is 12.4 Å². The highest BCUT2D eigenvalue weighted by atomic mass is 35.5. The number of hydrogen-bond donors (Lipinski definition) is 2. The molecule has 136 valence electrons. The number of aryl methyl sites for hydroxylation is 1. The smallest absolute Gasteiger partial charge is 0.224 e. The molecule has 2 rings (SSSR count). The van der Waals surface area contributed by atoms with Crippen LogP contribution < -0.4 is 25.3 Å². The van der Waals surface area contributed by atoms with Crippen molar-refractivity contribution in [3.63, 3.8) is 0 Å². The summed E-state index contributed by atoms with van der Waals surface area (Å²) in [6, 6.07) is 7.01. The summed E-state index contributed by atoms with van der Waals surface area (Å²) >= 11 is 0. The molecule has 7 nitrogen and oxygen atoms in total. The van der Waals surface area contributed by atoms with Gasteiger partial charge in [-0.25, -0.2) is 4.98 Å². The number of ether oxygens (including phenoxy) is 3. The summed E-state index contributed by atoms with van der Waals surface area (Å²) in [5, 5.41) is 2.77. The van der Waals surface area contributed by atoms with Gasteiger partial charge in [0.15, 0.2) is 11.5 Å². The number of hydrogen-bond acceptors (Lipinski definition) is 6. The molecule has 1 heterocycles. The Balaban J connectivity index is 0.00000312. The van der Waals surface area contributed by atoms with E-state index in [9.17, 15) is 4.79 Å². The number of carbonyl (C=O) groups is 1. The van der Waals surface area contributed by atoms with Gasteiger partial charge in [0.2, 0.25) is 11.7 Å². The van der Waals surface area contributed by atoms with Gasteiger partial charge in [0, 0.05) is 6.42 Å². The van der Waals surface area contributed by atoms with E-state index in [4.69, 9.17) is 19.9 Å². The van der Waals surface area contributed by atoms with Crippen molar-refractivity contribution >= 4 is 29.8 Å². The van der Waals surface area contributed by atoms with Crippen LogP contribution in [0.4, 0.5) is 11.5 Å². The molecule has 0 aliphatic carbocycles. The number of methoxy groups -OCH3 is 3. The van der Waals surface area contributed by atoms with Gasteiger partial charge in [0.25, 0.3) is 0 Å². The van der Waals surface area contributed by atoms with Gasteiger partial charge in [-0.3, -0.25) is 4.79 Å². The van der Waals surface area contributed by atoms with Gasteiger partial charge in [0.1, 0.15) is 5.82 Å². The summed E-state index contributed by atoms with van der Waals surface area (Å²) < 4.78 is 15.9. The van der Waals surface area contributed by atoms with E-state index in [1.165, 1.54) is 6.20 Å². The molecule has 3 N–H and O–H groups in total. The lowest BCUT2D eigenvalue weighted by Crippen LogP contribution is -2.12. The van der Waals surface area contributed by atoms with Crippen LogP contribution in [0.3, 0.4) is 0 Å². The Bertz CT molecular complexity index is 683. The zero-order valence-corrected chi connectivity index (χ0v) is 15.2. The van der Waals surface area contributed by atoms with E-state index in [0.29, 0.717) is 41.6 Å². The maximum atomic E-state index is 12.0. The molecule has 0 spiro atoms. The van der Waals surface area contributed by atoms with E-state index < -0.39 is 0 Å². The van der Waals surface area contributed by atoms with Crippen LogP contribution in [0.5, 0.6) is 17.2 Å². The highest BCUT2D eigenvalue weighted by Crippen LogP contribution is 2.38. The standard InChI is InChI=1S/C17H21N3O4.ClH/c1-22-13-8-11(9-14(23-2)17(13)24-3)4-7-16(21)20-12-5-6-15(18)19-10-12;/h5-6,8-10H,4,7H2,1-3H3,(H2,18,19)(H,20,21);1H. The van der Waals surface area contributed by atoms with Crippen molar-refractivity contribution < 1.29 is 19.0 Å². The third-order valence-electron chi connectivity index (χ3n) is 3.44. The van der Waals surface area contributed by atoms with Gasteiger partial charge in [-0.15, -0.1) is 12.4 Å². The van der Waals surface area contributed by atoms with Gasteiger partial charge < -0.3 is 25.3 Å². The number of nitrogens with one attached hydrogen (secondary N) is 1. The van der Waals surface area contributed by atoms with Crippen molar-refractivity contribution in [3.8, 4) is 17.2 Å². The Morgan fingerprint density at radius 3 is 2.24 bits per heavy atom. The van der Waals surface area contributed by atoms with Crippen molar-refractivity contribution in [3.05, 3.63) is 36.0 Å². The minimum Gasteiger partial charge on any atom is -0.493 e. The molecular weight excluding hydrogens is 346 g/mol. The van der Waals surface area contributed by atoms with Crippen molar-refractivity contribution in [2.45, 2.75) is 12.8 Å². The van der Waals surface area contributed by atoms with Gasteiger partial charge in [-0.05, 0) is 36.2 Å². The number of nitrogen functional groups attached to an aromatic ring is 1. The first-order valence-corrected chi connectivity index (χ1v) is 7.37. The molecule has 25 heavy (non-hydrogen) atoms. The summed E-state index contributed by atoms with van der Waals surface area (Å²) in [4.78, 5) is 16.0. The molecule has 0 radical (unpaired) electrons. The van der Waals surface area contributed by atoms with E-state index in [1.807, 2.05) is 12.1 Å². The summed E-state index contributed by atoms with van der Waals surface area (Å²) in [6.07, 6.45) is 2.36. The van der Waals surface area contributed by atoms with E-state index in [1.54, 1.807) is 33.5 Å². The second-order valence-electron chi connectivity index (χ2n) is 5.05. The molecular formula is C17H22ClN3O4. The monoisotopic (exact) mass is 367 g/mol. The summed E-state index contributed by atoms with van der Waals surface area (Å²) in [5.41, 5.74) is 7.04. The van der Waals surface area contributed by atoms with E-state index in [2.05, 4.69) is 10.3 Å². The van der Waals surface area contributed by atoms with E-state index in [0.717, 1.165) is 5.56 Å². The largest absolute Gasteiger partial charge is 0.493 e. The number of anilines is 2. The fourth-order valence-electron chi connectivity index (χ4n) is 2.24. The predicted molar refractivity (Wildman–Crippen MR) is 98.9 cm³/mol. The van der Waals surface area contributed by atoms with Crippen LogP contribution in [0, 0.1) is 0 Å².